The van der Waals surface area contributed by atoms with Gasteiger partial charge < -0.3 is 15.8 Å². The van der Waals surface area contributed by atoms with Crippen molar-refractivity contribution in [1.82, 2.24) is 10.3 Å². The molecule has 0 aliphatic carbocycles. The fourth-order valence-electron chi connectivity index (χ4n) is 3.80. The molecule has 0 radical (unpaired) electrons. The minimum Gasteiger partial charge on any atom is -0.490 e. The summed E-state index contributed by atoms with van der Waals surface area (Å²) in [6.07, 6.45) is 2.75. The number of carbonyl (C=O) groups is 2. The van der Waals surface area contributed by atoms with Crippen LogP contribution < -0.4 is 20.7 Å². The molecule has 0 atom stereocenters. The SMILES string of the molecule is CC(C)(COc1cccc2c1C(N)=NS(=O)(=O)C2)NC(=O)c1ccnc(N2CCCC2=O)c1. The highest BCUT2D eigenvalue weighted by molar-refractivity contribution is 7.89. The predicted octanol–water partition coefficient (Wildman–Crippen LogP) is 1.34. The summed E-state index contributed by atoms with van der Waals surface area (Å²) in [4.78, 5) is 30.7. The average molecular weight is 472 g/mol. The third-order valence-corrected chi connectivity index (χ3v) is 6.49. The second-order valence-corrected chi connectivity index (χ2v) is 10.3. The van der Waals surface area contributed by atoms with Gasteiger partial charge in [0.1, 0.15) is 24.0 Å². The van der Waals surface area contributed by atoms with Gasteiger partial charge >= 0.3 is 0 Å². The van der Waals surface area contributed by atoms with Crippen LogP contribution >= 0.6 is 0 Å². The van der Waals surface area contributed by atoms with E-state index in [2.05, 4.69) is 14.7 Å². The summed E-state index contributed by atoms with van der Waals surface area (Å²) >= 11 is 0. The summed E-state index contributed by atoms with van der Waals surface area (Å²) in [6, 6.07) is 8.22. The van der Waals surface area contributed by atoms with Crippen molar-refractivity contribution in [3.05, 3.63) is 53.2 Å². The molecule has 3 N–H and O–H groups in total. The maximum absolute atomic E-state index is 12.9. The predicted molar refractivity (Wildman–Crippen MR) is 123 cm³/mol. The van der Waals surface area contributed by atoms with E-state index < -0.39 is 15.6 Å². The Morgan fingerprint density at radius 1 is 1.30 bits per heavy atom. The minimum absolute atomic E-state index is 0.00408. The Kier molecular flexibility index (Phi) is 5.83. The molecule has 11 heteroatoms. The molecule has 0 spiro atoms. The van der Waals surface area contributed by atoms with E-state index in [0.717, 1.165) is 6.42 Å². The number of nitrogens with one attached hydrogen (secondary N) is 1. The van der Waals surface area contributed by atoms with Crippen molar-refractivity contribution in [3.63, 3.8) is 0 Å². The van der Waals surface area contributed by atoms with Gasteiger partial charge in [0.2, 0.25) is 5.91 Å². The molecule has 2 amide bonds. The van der Waals surface area contributed by atoms with Gasteiger partial charge in [-0.2, -0.15) is 0 Å². The Morgan fingerprint density at radius 2 is 2.09 bits per heavy atom. The highest BCUT2D eigenvalue weighted by Crippen LogP contribution is 2.28. The summed E-state index contributed by atoms with van der Waals surface area (Å²) in [5.74, 6) is 0.153. The van der Waals surface area contributed by atoms with E-state index >= 15 is 0 Å². The third kappa shape index (κ3) is 4.98. The largest absolute Gasteiger partial charge is 0.490 e. The molecule has 1 saturated heterocycles. The number of ether oxygens (including phenoxy) is 1. The standard InChI is InChI=1S/C22H25N5O5S/c1-22(2,13-32-16-6-3-5-15-12-33(30,31)26-20(23)19(15)16)25-21(29)14-8-9-24-17(11-14)27-10-4-7-18(27)28/h3,5-6,8-9,11H,4,7,10,12-13H2,1-2H3,(H2,23,26)(H,25,29). The van der Waals surface area contributed by atoms with Gasteiger partial charge in [-0.05, 0) is 44.0 Å². The number of amides is 2. The number of hydrogen-bond donors (Lipinski definition) is 2. The Hall–Kier alpha value is -3.47. The Balaban J connectivity index is 1.46. The topological polar surface area (TPSA) is 144 Å². The van der Waals surface area contributed by atoms with Crippen LogP contribution in [0.3, 0.4) is 0 Å². The van der Waals surface area contributed by atoms with Crippen LogP contribution in [-0.4, -0.2) is 49.7 Å². The molecular formula is C22H25N5O5S. The van der Waals surface area contributed by atoms with Gasteiger partial charge in [-0.25, -0.2) is 13.4 Å². The number of nitrogens with two attached hydrogens (primary N) is 1. The van der Waals surface area contributed by atoms with Crippen molar-refractivity contribution in [2.75, 3.05) is 18.1 Å². The Morgan fingerprint density at radius 3 is 2.82 bits per heavy atom. The van der Waals surface area contributed by atoms with Gasteiger partial charge in [0, 0.05) is 24.7 Å². The van der Waals surface area contributed by atoms with Crippen LogP contribution in [0.2, 0.25) is 0 Å². The normalized spacial score (nSPS) is 17.3. The molecule has 10 nitrogen and oxygen atoms in total. The van der Waals surface area contributed by atoms with Crippen molar-refractivity contribution in [1.29, 1.82) is 0 Å². The van der Waals surface area contributed by atoms with Crippen LogP contribution in [0.5, 0.6) is 5.75 Å². The third-order valence-electron chi connectivity index (χ3n) is 5.34. The quantitative estimate of drug-likeness (QED) is 0.647. The van der Waals surface area contributed by atoms with Crippen molar-refractivity contribution < 1.29 is 22.7 Å². The van der Waals surface area contributed by atoms with Gasteiger partial charge in [0.15, 0.2) is 0 Å². The number of nitrogens with zero attached hydrogens (tertiary/aromatic N) is 3. The molecule has 4 rings (SSSR count). The summed E-state index contributed by atoms with van der Waals surface area (Å²) in [7, 11) is -3.64. The van der Waals surface area contributed by atoms with E-state index in [0.29, 0.717) is 41.2 Å². The maximum atomic E-state index is 12.9. The molecule has 2 aliphatic rings. The molecule has 0 unspecified atom stereocenters. The first kappa shape index (κ1) is 22.7. The highest BCUT2D eigenvalue weighted by Gasteiger charge is 2.28. The summed E-state index contributed by atoms with van der Waals surface area (Å²) in [5, 5.41) is 2.92. The zero-order chi connectivity index (χ0) is 23.8. The lowest BCUT2D eigenvalue weighted by molar-refractivity contribution is -0.117. The molecule has 2 aromatic rings. The van der Waals surface area contributed by atoms with Gasteiger partial charge in [-0.1, -0.05) is 12.1 Å². The van der Waals surface area contributed by atoms with E-state index in [1.165, 1.54) is 6.20 Å². The van der Waals surface area contributed by atoms with Gasteiger partial charge in [0.05, 0.1) is 16.9 Å². The fourth-order valence-corrected chi connectivity index (χ4v) is 4.89. The summed E-state index contributed by atoms with van der Waals surface area (Å²) in [6.45, 7) is 4.28. The number of anilines is 1. The molecular weight excluding hydrogens is 446 g/mol. The molecule has 0 bridgehead atoms. The highest BCUT2D eigenvalue weighted by atomic mass is 32.2. The number of fused-ring (bicyclic) bond motifs is 1. The van der Waals surface area contributed by atoms with Crippen LogP contribution in [0.4, 0.5) is 5.82 Å². The van der Waals surface area contributed by atoms with Gasteiger partial charge in [0.25, 0.3) is 15.9 Å². The van der Waals surface area contributed by atoms with Crippen molar-refractivity contribution in [2.45, 2.75) is 38.0 Å². The number of rotatable bonds is 6. The smallest absolute Gasteiger partial charge is 0.259 e. The van der Waals surface area contributed by atoms with Crippen LogP contribution in [-0.2, 0) is 20.6 Å². The van der Waals surface area contributed by atoms with E-state index in [1.54, 1.807) is 49.1 Å². The number of pyridine rings is 1. The molecule has 1 aromatic heterocycles. The molecule has 1 aromatic carbocycles. The number of aromatic nitrogens is 1. The van der Waals surface area contributed by atoms with Crippen LogP contribution in [0.1, 0.15) is 48.2 Å². The van der Waals surface area contributed by atoms with Crippen LogP contribution in [0, 0.1) is 0 Å². The molecule has 1 fully saturated rings. The number of amidine groups is 1. The zero-order valence-electron chi connectivity index (χ0n) is 18.4. The average Bonchev–Trinajstić information content (AvgIpc) is 3.17. The zero-order valence-corrected chi connectivity index (χ0v) is 19.2. The number of sulfonamides is 1. The first-order chi connectivity index (χ1) is 15.5. The molecule has 2 aliphatic heterocycles. The molecule has 3 heterocycles. The lowest BCUT2D eigenvalue weighted by Gasteiger charge is -2.28. The molecule has 33 heavy (non-hydrogen) atoms. The summed E-state index contributed by atoms with van der Waals surface area (Å²) < 4.78 is 33.2. The number of hydrogen-bond acceptors (Lipinski definition) is 7. The monoisotopic (exact) mass is 471 g/mol. The molecule has 174 valence electrons. The maximum Gasteiger partial charge on any atom is 0.259 e. The van der Waals surface area contributed by atoms with E-state index in [1.807, 2.05) is 0 Å². The van der Waals surface area contributed by atoms with E-state index in [9.17, 15) is 18.0 Å². The first-order valence-electron chi connectivity index (χ1n) is 10.5. The van der Waals surface area contributed by atoms with E-state index in [-0.39, 0.29) is 30.0 Å². The lowest BCUT2D eigenvalue weighted by Crippen LogP contribution is -2.48. The Bertz CT molecular complexity index is 1260. The second-order valence-electron chi connectivity index (χ2n) is 8.67. The first-order valence-corrected chi connectivity index (χ1v) is 12.1. The van der Waals surface area contributed by atoms with Crippen molar-refractivity contribution in [2.24, 2.45) is 10.1 Å². The van der Waals surface area contributed by atoms with E-state index in [4.69, 9.17) is 10.5 Å². The lowest BCUT2D eigenvalue weighted by atomic mass is 10.0. The van der Waals surface area contributed by atoms with Crippen LogP contribution in [0.25, 0.3) is 0 Å². The van der Waals surface area contributed by atoms with Crippen LogP contribution in [0.15, 0.2) is 40.9 Å². The van der Waals surface area contributed by atoms with Crippen molar-refractivity contribution >= 4 is 33.5 Å². The van der Waals surface area contributed by atoms with Gasteiger partial charge in [-0.15, -0.1) is 4.40 Å². The minimum atomic E-state index is -3.64. The van der Waals surface area contributed by atoms with Gasteiger partial charge in [-0.3, -0.25) is 14.5 Å². The second kappa shape index (κ2) is 8.47. The summed E-state index contributed by atoms with van der Waals surface area (Å²) in [5.41, 5.74) is 6.45. The fraction of sp³-hybridized carbons (Fsp3) is 0.364. The number of benzene rings is 1. The molecule has 0 saturated carbocycles. The Labute approximate surface area is 191 Å². The van der Waals surface area contributed by atoms with Crippen molar-refractivity contribution in [3.8, 4) is 5.75 Å². The number of carbonyl (C=O) groups excluding carboxylic acids is 2.